The van der Waals surface area contributed by atoms with Gasteiger partial charge in [0.2, 0.25) is 0 Å². The molecule has 0 amide bonds. The first-order valence-corrected chi connectivity index (χ1v) is 9.26. The first-order chi connectivity index (χ1) is 13.2. The van der Waals surface area contributed by atoms with Crippen LogP contribution in [0.5, 0.6) is 5.75 Å². The van der Waals surface area contributed by atoms with Crippen molar-refractivity contribution in [3.05, 3.63) is 56.8 Å². The highest BCUT2D eigenvalue weighted by atomic mass is 32.1. The normalized spacial score (nSPS) is 13.5. The van der Waals surface area contributed by atoms with E-state index in [9.17, 15) is 9.18 Å². The largest absolute Gasteiger partial charge is 0.494 e. The zero-order chi connectivity index (χ0) is 18.5. The van der Waals surface area contributed by atoms with Gasteiger partial charge in [0.1, 0.15) is 11.2 Å². The standard InChI is InChI=1S/C18H15FN4O3S.CH4/c1-25-13-3-2-10(6-12(13)19)7-22-17-15(11-4-5-26-8-14(11)27-17)16-20-9-21-23(16)18(22)24;/h2-3,6,9H,4-5,7-8H2,1H3;1H4. The molecular formula is C19H19FN4O3S. The van der Waals surface area contributed by atoms with Crippen molar-refractivity contribution in [2.24, 2.45) is 0 Å². The highest BCUT2D eigenvalue weighted by Gasteiger charge is 2.23. The van der Waals surface area contributed by atoms with Gasteiger partial charge in [-0.15, -0.1) is 11.3 Å². The fourth-order valence-corrected chi connectivity index (χ4v) is 4.79. The number of hydrogen-bond acceptors (Lipinski definition) is 6. The second kappa shape index (κ2) is 6.99. The van der Waals surface area contributed by atoms with Crippen LogP contribution in [-0.4, -0.2) is 32.9 Å². The van der Waals surface area contributed by atoms with Crippen LogP contribution in [0.1, 0.15) is 23.4 Å². The summed E-state index contributed by atoms with van der Waals surface area (Å²) in [5, 5.41) is 5.03. The summed E-state index contributed by atoms with van der Waals surface area (Å²) in [6, 6.07) is 4.70. The maximum absolute atomic E-state index is 14.1. The van der Waals surface area contributed by atoms with Crippen LogP contribution in [0.25, 0.3) is 15.9 Å². The van der Waals surface area contributed by atoms with E-state index in [-0.39, 0.29) is 25.4 Å². The molecule has 0 fully saturated rings. The molecule has 1 aliphatic heterocycles. The van der Waals surface area contributed by atoms with Crippen LogP contribution in [0, 0.1) is 5.82 Å². The van der Waals surface area contributed by atoms with Crippen LogP contribution < -0.4 is 10.4 Å². The molecule has 28 heavy (non-hydrogen) atoms. The summed E-state index contributed by atoms with van der Waals surface area (Å²) in [7, 11) is 1.42. The number of benzene rings is 1. The molecule has 1 aromatic carbocycles. The Morgan fingerprint density at radius 3 is 3.04 bits per heavy atom. The highest BCUT2D eigenvalue weighted by Crippen LogP contribution is 2.35. The Kier molecular flexibility index (Phi) is 4.64. The van der Waals surface area contributed by atoms with E-state index in [0.29, 0.717) is 24.4 Å². The van der Waals surface area contributed by atoms with E-state index in [1.807, 2.05) is 0 Å². The number of aromatic nitrogens is 4. The zero-order valence-corrected chi connectivity index (χ0v) is 15.3. The molecular weight excluding hydrogens is 383 g/mol. The molecule has 0 bridgehead atoms. The Morgan fingerprint density at radius 2 is 2.25 bits per heavy atom. The molecule has 0 saturated carbocycles. The molecule has 1 aliphatic rings. The van der Waals surface area contributed by atoms with Crippen LogP contribution in [-0.2, 0) is 24.3 Å². The predicted octanol–water partition coefficient (Wildman–Crippen LogP) is 3.01. The monoisotopic (exact) mass is 402 g/mol. The van der Waals surface area contributed by atoms with E-state index in [1.54, 1.807) is 16.7 Å². The van der Waals surface area contributed by atoms with Crippen molar-refractivity contribution in [2.75, 3.05) is 13.7 Å². The van der Waals surface area contributed by atoms with Crippen LogP contribution in [0.4, 0.5) is 4.39 Å². The van der Waals surface area contributed by atoms with E-state index in [4.69, 9.17) is 9.47 Å². The van der Waals surface area contributed by atoms with Crippen molar-refractivity contribution in [2.45, 2.75) is 27.0 Å². The molecule has 0 radical (unpaired) electrons. The molecule has 0 spiro atoms. The number of rotatable bonds is 3. The quantitative estimate of drug-likeness (QED) is 0.527. The number of halogens is 1. The molecule has 0 aliphatic carbocycles. The van der Waals surface area contributed by atoms with E-state index >= 15 is 0 Å². The minimum Gasteiger partial charge on any atom is -0.494 e. The summed E-state index contributed by atoms with van der Waals surface area (Å²) in [4.78, 5) is 19.2. The van der Waals surface area contributed by atoms with Crippen LogP contribution >= 0.6 is 11.3 Å². The molecule has 9 heteroatoms. The lowest BCUT2D eigenvalue weighted by Gasteiger charge is -2.12. The van der Waals surface area contributed by atoms with Gasteiger partial charge in [-0.1, -0.05) is 13.5 Å². The van der Waals surface area contributed by atoms with Crippen molar-refractivity contribution >= 4 is 27.2 Å². The predicted molar refractivity (Wildman–Crippen MR) is 105 cm³/mol. The molecule has 7 nitrogen and oxygen atoms in total. The van der Waals surface area contributed by atoms with Crippen LogP contribution in [0.15, 0.2) is 29.3 Å². The molecule has 4 aromatic rings. The summed E-state index contributed by atoms with van der Waals surface area (Å²) in [6.07, 6.45) is 2.16. The number of ether oxygens (including phenoxy) is 2. The van der Waals surface area contributed by atoms with Crippen molar-refractivity contribution in [1.29, 1.82) is 0 Å². The van der Waals surface area contributed by atoms with Crippen LogP contribution in [0.3, 0.4) is 0 Å². The third-order valence-electron chi connectivity index (χ3n) is 4.79. The van der Waals surface area contributed by atoms with Crippen molar-refractivity contribution in [1.82, 2.24) is 19.2 Å². The van der Waals surface area contributed by atoms with Gasteiger partial charge < -0.3 is 9.47 Å². The topological polar surface area (TPSA) is 70.7 Å². The van der Waals surface area contributed by atoms with Crippen molar-refractivity contribution in [3.8, 4) is 5.75 Å². The Hall–Kier alpha value is -2.78. The molecule has 0 N–H and O–H groups in total. The fourth-order valence-electron chi connectivity index (χ4n) is 3.52. The second-order valence-electron chi connectivity index (χ2n) is 6.32. The maximum atomic E-state index is 14.1. The van der Waals surface area contributed by atoms with Gasteiger partial charge in [0.25, 0.3) is 0 Å². The van der Waals surface area contributed by atoms with Gasteiger partial charge in [0.15, 0.2) is 17.2 Å². The third-order valence-corrected chi connectivity index (χ3v) is 6.02. The van der Waals surface area contributed by atoms with Gasteiger partial charge in [0, 0.05) is 4.88 Å². The lowest BCUT2D eigenvalue weighted by Crippen LogP contribution is -2.28. The average Bonchev–Trinajstić information content (AvgIpc) is 3.29. The van der Waals surface area contributed by atoms with E-state index in [2.05, 4.69) is 10.1 Å². The van der Waals surface area contributed by atoms with Gasteiger partial charge in [-0.05, 0) is 29.7 Å². The second-order valence-corrected chi connectivity index (χ2v) is 7.40. The Balaban J connectivity index is 0.00000192. The van der Waals surface area contributed by atoms with E-state index in [0.717, 1.165) is 27.1 Å². The molecule has 146 valence electrons. The summed E-state index contributed by atoms with van der Waals surface area (Å²) >= 11 is 1.53. The van der Waals surface area contributed by atoms with Gasteiger partial charge >= 0.3 is 5.69 Å². The molecule has 5 rings (SSSR count). The smallest absolute Gasteiger partial charge is 0.352 e. The summed E-state index contributed by atoms with van der Waals surface area (Å²) in [6.45, 7) is 1.40. The third kappa shape index (κ3) is 2.70. The van der Waals surface area contributed by atoms with Crippen molar-refractivity contribution < 1.29 is 13.9 Å². The van der Waals surface area contributed by atoms with Gasteiger partial charge in [-0.2, -0.15) is 9.61 Å². The van der Waals surface area contributed by atoms with Crippen LogP contribution in [0.2, 0.25) is 0 Å². The minimum atomic E-state index is -0.458. The summed E-state index contributed by atoms with van der Waals surface area (Å²) < 4.78 is 27.6. The first kappa shape index (κ1) is 18.6. The Morgan fingerprint density at radius 1 is 1.39 bits per heavy atom. The van der Waals surface area contributed by atoms with Crippen molar-refractivity contribution in [3.63, 3.8) is 0 Å². The maximum Gasteiger partial charge on any atom is 0.352 e. The van der Waals surface area contributed by atoms with Gasteiger partial charge in [0.05, 0.1) is 32.3 Å². The zero-order valence-electron chi connectivity index (χ0n) is 14.4. The average molecular weight is 402 g/mol. The molecule has 3 aromatic heterocycles. The first-order valence-electron chi connectivity index (χ1n) is 8.44. The van der Waals surface area contributed by atoms with E-state index < -0.39 is 5.82 Å². The number of methoxy groups -OCH3 is 1. The highest BCUT2D eigenvalue weighted by molar-refractivity contribution is 7.19. The Labute approximate surface area is 164 Å². The number of hydrogen-bond donors (Lipinski definition) is 0. The Bertz CT molecular complexity index is 1240. The minimum absolute atomic E-state index is 0. The lowest BCUT2D eigenvalue weighted by atomic mass is 10.1. The molecule has 4 heterocycles. The molecule has 0 unspecified atom stereocenters. The SMILES string of the molecule is C.COc1ccc(Cn2c(=O)n3ncnc3c3c4c(sc32)COCC4)cc1F. The van der Waals surface area contributed by atoms with Gasteiger partial charge in [-0.25, -0.2) is 14.2 Å². The molecule has 0 saturated heterocycles. The lowest BCUT2D eigenvalue weighted by molar-refractivity contribution is 0.114. The molecule has 0 atom stereocenters. The number of nitrogens with zero attached hydrogens (tertiary/aromatic N) is 4. The fraction of sp³-hybridized carbons (Fsp3) is 0.316. The van der Waals surface area contributed by atoms with Gasteiger partial charge in [-0.3, -0.25) is 4.57 Å². The van der Waals surface area contributed by atoms with E-state index in [1.165, 1.54) is 35.4 Å². The number of thiophene rings is 1. The number of fused-ring (bicyclic) bond motifs is 5. The summed E-state index contributed by atoms with van der Waals surface area (Å²) in [5.41, 5.74) is 2.09. The summed E-state index contributed by atoms with van der Waals surface area (Å²) in [5.74, 6) is -0.285.